The third kappa shape index (κ3) is 5.17. The standard InChI is InChI=1S/C18H21ClN2O/c1-21(2)13-17(15-6-4-3-5-7-15)20-18(22)12-14-8-10-16(19)11-9-14/h3-11,17H,12-13H2,1-2H3,(H,20,22)/p+1/t17-/m1/s1. The lowest BCUT2D eigenvalue weighted by Crippen LogP contribution is -3.06. The Morgan fingerprint density at radius 2 is 1.73 bits per heavy atom. The fraction of sp³-hybridized carbons (Fsp3) is 0.278. The fourth-order valence-electron chi connectivity index (χ4n) is 2.38. The van der Waals surface area contributed by atoms with Gasteiger partial charge in [0.25, 0.3) is 0 Å². The van der Waals surface area contributed by atoms with E-state index >= 15 is 0 Å². The second-order valence-electron chi connectivity index (χ2n) is 5.75. The number of hydrogen-bond donors (Lipinski definition) is 2. The molecule has 0 aliphatic rings. The SMILES string of the molecule is C[NH+](C)C[C@@H](NC(=O)Cc1ccc(Cl)cc1)c1ccccc1. The average molecular weight is 318 g/mol. The van der Waals surface area contributed by atoms with Gasteiger partial charge in [0, 0.05) is 5.02 Å². The van der Waals surface area contributed by atoms with Crippen molar-refractivity contribution in [1.29, 1.82) is 0 Å². The summed E-state index contributed by atoms with van der Waals surface area (Å²) in [4.78, 5) is 13.6. The molecule has 2 aromatic carbocycles. The van der Waals surface area contributed by atoms with Crippen molar-refractivity contribution >= 4 is 17.5 Å². The largest absolute Gasteiger partial charge is 0.343 e. The predicted octanol–water partition coefficient (Wildman–Crippen LogP) is 1.88. The molecular formula is C18H22ClN2O+. The van der Waals surface area contributed by atoms with E-state index in [9.17, 15) is 4.79 Å². The Bertz CT molecular complexity index is 596. The number of benzene rings is 2. The van der Waals surface area contributed by atoms with Crippen LogP contribution in [0.15, 0.2) is 54.6 Å². The van der Waals surface area contributed by atoms with E-state index in [-0.39, 0.29) is 11.9 Å². The molecule has 2 N–H and O–H groups in total. The second-order valence-corrected chi connectivity index (χ2v) is 6.18. The number of likely N-dealkylation sites (N-methyl/N-ethyl adjacent to an activating group) is 1. The Kier molecular flexibility index (Phi) is 5.99. The van der Waals surface area contributed by atoms with Crippen molar-refractivity contribution in [2.45, 2.75) is 12.5 Å². The summed E-state index contributed by atoms with van der Waals surface area (Å²) >= 11 is 5.87. The van der Waals surface area contributed by atoms with E-state index in [1.54, 1.807) is 0 Å². The van der Waals surface area contributed by atoms with Gasteiger partial charge in [0.2, 0.25) is 5.91 Å². The molecule has 0 saturated carbocycles. The summed E-state index contributed by atoms with van der Waals surface area (Å²) in [6.07, 6.45) is 0.364. The van der Waals surface area contributed by atoms with Crippen LogP contribution in [0, 0.1) is 0 Å². The van der Waals surface area contributed by atoms with Crippen molar-refractivity contribution in [2.24, 2.45) is 0 Å². The number of amides is 1. The van der Waals surface area contributed by atoms with Gasteiger partial charge in [-0.15, -0.1) is 0 Å². The smallest absolute Gasteiger partial charge is 0.225 e. The molecule has 0 aromatic heterocycles. The number of halogens is 1. The Labute approximate surface area is 136 Å². The van der Waals surface area contributed by atoms with Crippen LogP contribution in [-0.4, -0.2) is 26.5 Å². The van der Waals surface area contributed by atoms with Crippen molar-refractivity contribution < 1.29 is 9.69 Å². The van der Waals surface area contributed by atoms with Gasteiger partial charge in [-0.25, -0.2) is 0 Å². The Hall–Kier alpha value is -1.84. The predicted molar refractivity (Wildman–Crippen MR) is 90.2 cm³/mol. The zero-order valence-electron chi connectivity index (χ0n) is 13.0. The normalized spacial score (nSPS) is 12.2. The lowest BCUT2D eigenvalue weighted by molar-refractivity contribution is -0.860. The second kappa shape index (κ2) is 7.97. The fourth-order valence-corrected chi connectivity index (χ4v) is 2.50. The molecule has 0 saturated heterocycles. The molecule has 0 fully saturated rings. The first-order valence-electron chi connectivity index (χ1n) is 7.42. The molecule has 22 heavy (non-hydrogen) atoms. The average Bonchev–Trinajstić information content (AvgIpc) is 2.49. The summed E-state index contributed by atoms with van der Waals surface area (Å²) in [5, 5.41) is 3.82. The zero-order valence-corrected chi connectivity index (χ0v) is 13.7. The van der Waals surface area contributed by atoms with E-state index in [2.05, 4.69) is 31.5 Å². The van der Waals surface area contributed by atoms with Gasteiger partial charge in [0.1, 0.15) is 12.6 Å². The van der Waals surface area contributed by atoms with Crippen LogP contribution in [0.2, 0.25) is 5.02 Å². The van der Waals surface area contributed by atoms with E-state index in [0.717, 1.165) is 17.7 Å². The molecule has 1 amide bonds. The zero-order chi connectivity index (χ0) is 15.9. The maximum absolute atomic E-state index is 12.3. The quantitative estimate of drug-likeness (QED) is 0.838. The summed E-state index contributed by atoms with van der Waals surface area (Å²) in [6, 6.07) is 17.5. The van der Waals surface area contributed by atoms with Gasteiger partial charge in [-0.3, -0.25) is 4.79 Å². The summed E-state index contributed by atoms with van der Waals surface area (Å²) in [7, 11) is 4.17. The maximum atomic E-state index is 12.3. The van der Waals surface area contributed by atoms with Crippen LogP contribution >= 0.6 is 11.6 Å². The third-order valence-corrected chi connectivity index (χ3v) is 3.68. The molecule has 0 radical (unpaired) electrons. The molecule has 4 heteroatoms. The van der Waals surface area contributed by atoms with E-state index in [4.69, 9.17) is 11.6 Å². The number of rotatable bonds is 6. The highest BCUT2D eigenvalue weighted by molar-refractivity contribution is 6.30. The van der Waals surface area contributed by atoms with Gasteiger partial charge >= 0.3 is 0 Å². The molecule has 0 spiro atoms. The minimum absolute atomic E-state index is 0.0194. The lowest BCUT2D eigenvalue weighted by Gasteiger charge is -2.21. The lowest BCUT2D eigenvalue weighted by atomic mass is 10.1. The summed E-state index contributed by atoms with van der Waals surface area (Å²) in [5.41, 5.74) is 2.10. The Balaban J connectivity index is 2.03. The molecule has 2 rings (SSSR count). The van der Waals surface area contributed by atoms with E-state index in [1.165, 1.54) is 4.90 Å². The molecule has 0 bridgehead atoms. The van der Waals surface area contributed by atoms with Crippen molar-refractivity contribution in [3.8, 4) is 0 Å². The molecule has 0 aliphatic heterocycles. The van der Waals surface area contributed by atoms with Crippen LogP contribution in [-0.2, 0) is 11.2 Å². The molecule has 0 aliphatic carbocycles. The topological polar surface area (TPSA) is 33.5 Å². The highest BCUT2D eigenvalue weighted by atomic mass is 35.5. The van der Waals surface area contributed by atoms with Gasteiger partial charge in [0.05, 0.1) is 20.5 Å². The molecule has 0 heterocycles. The van der Waals surface area contributed by atoms with Gasteiger partial charge in [-0.1, -0.05) is 54.1 Å². The van der Waals surface area contributed by atoms with Crippen LogP contribution in [0.1, 0.15) is 17.2 Å². The van der Waals surface area contributed by atoms with Crippen molar-refractivity contribution in [2.75, 3.05) is 20.6 Å². The first-order valence-corrected chi connectivity index (χ1v) is 7.80. The molecule has 116 valence electrons. The van der Waals surface area contributed by atoms with Crippen LogP contribution in [0.25, 0.3) is 0 Å². The van der Waals surface area contributed by atoms with E-state index in [0.29, 0.717) is 11.4 Å². The van der Waals surface area contributed by atoms with Crippen molar-refractivity contribution in [3.05, 3.63) is 70.7 Å². The first-order chi connectivity index (χ1) is 10.5. The van der Waals surface area contributed by atoms with Crippen LogP contribution in [0.3, 0.4) is 0 Å². The minimum atomic E-state index is 0.0194. The Morgan fingerprint density at radius 1 is 1.09 bits per heavy atom. The minimum Gasteiger partial charge on any atom is -0.343 e. The molecular weight excluding hydrogens is 296 g/mol. The summed E-state index contributed by atoms with van der Waals surface area (Å²) in [6.45, 7) is 0.844. The molecule has 2 aromatic rings. The van der Waals surface area contributed by atoms with Gasteiger partial charge in [-0.2, -0.15) is 0 Å². The van der Waals surface area contributed by atoms with Crippen LogP contribution in [0.4, 0.5) is 0 Å². The summed E-state index contributed by atoms with van der Waals surface area (Å²) in [5.74, 6) is 0.0254. The number of carbonyl (C=O) groups excluding carboxylic acids is 1. The van der Waals surface area contributed by atoms with Gasteiger partial charge in [0.15, 0.2) is 0 Å². The maximum Gasteiger partial charge on any atom is 0.225 e. The van der Waals surface area contributed by atoms with Crippen LogP contribution in [0.5, 0.6) is 0 Å². The number of quaternary nitrogens is 1. The Morgan fingerprint density at radius 3 is 2.32 bits per heavy atom. The van der Waals surface area contributed by atoms with Gasteiger partial charge < -0.3 is 10.2 Å². The van der Waals surface area contributed by atoms with Crippen LogP contribution < -0.4 is 10.2 Å². The summed E-state index contributed by atoms with van der Waals surface area (Å²) < 4.78 is 0. The van der Waals surface area contributed by atoms with Gasteiger partial charge in [-0.05, 0) is 23.3 Å². The molecule has 1 atom stereocenters. The van der Waals surface area contributed by atoms with E-state index in [1.807, 2.05) is 42.5 Å². The van der Waals surface area contributed by atoms with Crippen molar-refractivity contribution in [1.82, 2.24) is 5.32 Å². The monoisotopic (exact) mass is 317 g/mol. The molecule has 3 nitrogen and oxygen atoms in total. The number of carbonyl (C=O) groups is 1. The highest BCUT2D eigenvalue weighted by Gasteiger charge is 2.17. The number of nitrogens with one attached hydrogen (secondary N) is 2. The third-order valence-electron chi connectivity index (χ3n) is 3.43. The van der Waals surface area contributed by atoms with E-state index < -0.39 is 0 Å². The molecule has 0 unspecified atom stereocenters. The van der Waals surface area contributed by atoms with Crippen molar-refractivity contribution in [3.63, 3.8) is 0 Å². The number of hydrogen-bond acceptors (Lipinski definition) is 1. The first kappa shape index (κ1) is 16.5. The highest BCUT2D eigenvalue weighted by Crippen LogP contribution is 2.13.